The second-order valence-electron chi connectivity index (χ2n) is 8.11. The van der Waals surface area contributed by atoms with Gasteiger partial charge in [-0.1, -0.05) is 50.2 Å². The van der Waals surface area contributed by atoms with Gasteiger partial charge in [-0.15, -0.1) is 15.0 Å². The smallest absolute Gasteiger partial charge is 0.310 e. The minimum atomic E-state index is -0.985. The molecule has 0 saturated heterocycles. The highest BCUT2D eigenvalue weighted by Crippen LogP contribution is 2.41. The van der Waals surface area contributed by atoms with Gasteiger partial charge < -0.3 is 10.2 Å². The van der Waals surface area contributed by atoms with Gasteiger partial charge in [0.05, 0.1) is 5.92 Å². The number of rotatable bonds is 5. The number of hydrogen-bond acceptors (Lipinski definition) is 4. The van der Waals surface area contributed by atoms with Gasteiger partial charge in [0.15, 0.2) is 0 Å². The van der Waals surface area contributed by atoms with Crippen LogP contribution >= 0.6 is 0 Å². The van der Waals surface area contributed by atoms with Gasteiger partial charge in [-0.2, -0.15) is 0 Å². The Morgan fingerprint density at radius 3 is 2.39 bits per heavy atom. The summed E-state index contributed by atoms with van der Waals surface area (Å²) in [6.45, 7) is 5.50. The van der Waals surface area contributed by atoms with Crippen LogP contribution in [0.5, 0.6) is 5.75 Å². The molecular formula is C24H22FN3O3. The summed E-state index contributed by atoms with van der Waals surface area (Å²) in [4.78, 5) is 12.9. The summed E-state index contributed by atoms with van der Waals surface area (Å²) >= 11 is 0. The Morgan fingerprint density at radius 1 is 1.03 bits per heavy atom. The van der Waals surface area contributed by atoms with Crippen molar-refractivity contribution in [2.45, 2.75) is 32.1 Å². The molecular weight excluding hydrogens is 397 g/mol. The molecule has 0 saturated carbocycles. The molecule has 0 spiro atoms. The van der Waals surface area contributed by atoms with Crippen LogP contribution in [-0.2, 0) is 10.2 Å². The van der Waals surface area contributed by atoms with Crippen LogP contribution in [0.4, 0.5) is 4.39 Å². The van der Waals surface area contributed by atoms with E-state index in [1.165, 1.54) is 23.0 Å². The maximum Gasteiger partial charge on any atom is 0.310 e. The van der Waals surface area contributed by atoms with Crippen LogP contribution in [0.1, 0.15) is 43.4 Å². The number of hydrogen-bond donors (Lipinski definition) is 2. The third-order valence-electron chi connectivity index (χ3n) is 5.71. The number of benzene rings is 3. The Labute approximate surface area is 178 Å². The first-order chi connectivity index (χ1) is 14.7. The molecule has 3 aromatic carbocycles. The van der Waals surface area contributed by atoms with Crippen LogP contribution in [0.3, 0.4) is 0 Å². The van der Waals surface area contributed by atoms with Crippen LogP contribution in [0.2, 0.25) is 0 Å². The van der Waals surface area contributed by atoms with Crippen molar-refractivity contribution >= 4 is 17.0 Å². The van der Waals surface area contributed by atoms with Crippen molar-refractivity contribution in [3.63, 3.8) is 0 Å². The second-order valence-corrected chi connectivity index (χ2v) is 8.11. The van der Waals surface area contributed by atoms with Crippen LogP contribution in [0, 0.1) is 5.82 Å². The molecule has 1 aromatic heterocycles. The molecule has 1 heterocycles. The third-order valence-corrected chi connectivity index (χ3v) is 5.71. The van der Waals surface area contributed by atoms with Crippen LogP contribution in [0.15, 0.2) is 60.7 Å². The quantitative estimate of drug-likeness (QED) is 0.486. The molecule has 0 fully saturated rings. The maximum atomic E-state index is 13.6. The average Bonchev–Trinajstić information content (AvgIpc) is 3.16. The molecule has 0 bridgehead atoms. The summed E-state index contributed by atoms with van der Waals surface area (Å²) in [5.41, 5.74) is 2.41. The van der Waals surface area contributed by atoms with Gasteiger partial charge in [-0.05, 0) is 36.2 Å². The lowest BCUT2D eigenvalue weighted by molar-refractivity contribution is -0.138. The van der Waals surface area contributed by atoms with E-state index in [-0.39, 0.29) is 11.4 Å². The van der Waals surface area contributed by atoms with Crippen molar-refractivity contribution in [3.05, 3.63) is 83.2 Å². The summed E-state index contributed by atoms with van der Waals surface area (Å²) in [7, 11) is 0. The van der Waals surface area contributed by atoms with E-state index in [2.05, 4.69) is 10.2 Å². The first-order valence-electron chi connectivity index (χ1n) is 9.87. The molecule has 158 valence electrons. The van der Waals surface area contributed by atoms with Gasteiger partial charge in [0, 0.05) is 17.0 Å². The van der Waals surface area contributed by atoms with E-state index >= 15 is 0 Å². The molecule has 4 rings (SSSR count). The SMILES string of the molecule is CC(C(=O)O)c1cc(-n2nc3ccc(F)cc3n2)c(O)c(C(C)(C)c2ccccc2)c1. The number of phenols is 1. The van der Waals surface area contributed by atoms with E-state index in [0.29, 0.717) is 22.2 Å². The van der Waals surface area contributed by atoms with Crippen molar-refractivity contribution in [3.8, 4) is 11.4 Å². The molecule has 6 nitrogen and oxygen atoms in total. The summed E-state index contributed by atoms with van der Waals surface area (Å²) in [5, 5.41) is 29.5. The lowest BCUT2D eigenvalue weighted by atomic mass is 9.76. The van der Waals surface area contributed by atoms with E-state index in [9.17, 15) is 19.4 Å². The minimum Gasteiger partial charge on any atom is -0.505 e. The highest BCUT2D eigenvalue weighted by atomic mass is 19.1. The normalized spacial score (nSPS) is 12.8. The molecule has 1 atom stereocenters. The first-order valence-corrected chi connectivity index (χ1v) is 9.87. The maximum absolute atomic E-state index is 13.6. The van der Waals surface area contributed by atoms with Crippen molar-refractivity contribution in [2.24, 2.45) is 0 Å². The zero-order chi connectivity index (χ0) is 22.3. The number of carbonyl (C=O) groups is 1. The Morgan fingerprint density at radius 2 is 1.71 bits per heavy atom. The van der Waals surface area contributed by atoms with Crippen LogP contribution < -0.4 is 0 Å². The number of carboxylic acid groups (broad SMARTS) is 1. The number of aromatic hydroxyl groups is 1. The van der Waals surface area contributed by atoms with Gasteiger partial charge in [-0.25, -0.2) is 4.39 Å². The van der Waals surface area contributed by atoms with Crippen molar-refractivity contribution in [1.82, 2.24) is 15.0 Å². The van der Waals surface area contributed by atoms with Gasteiger partial charge in [0.25, 0.3) is 0 Å². The number of fused-ring (bicyclic) bond motifs is 1. The minimum absolute atomic E-state index is 0.0593. The number of phenolic OH excluding ortho intramolecular Hbond substituents is 1. The number of nitrogens with zero attached hydrogens (tertiary/aromatic N) is 3. The largest absolute Gasteiger partial charge is 0.505 e. The summed E-state index contributed by atoms with van der Waals surface area (Å²) in [5.74, 6) is -2.30. The standard InChI is InChI=1S/C24H22FN3O3/c1-14(23(30)31)15-11-18(24(2,3)16-7-5-4-6-8-16)22(29)21(12-15)28-26-19-10-9-17(25)13-20(19)27-28/h4-14,29H,1-3H3,(H,30,31). The fourth-order valence-electron chi connectivity index (χ4n) is 3.67. The van der Waals surface area contributed by atoms with Gasteiger partial charge >= 0.3 is 5.97 Å². The molecule has 7 heteroatoms. The van der Waals surface area contributed by atoms with Gasteiger partial charge in [0.2, 0.25) is 0 Å². The molecule has 1 unspecified atom stereocenters. The van der Waals surface area contributed by atoms with Crippen LogP contribution in [0.25, 0.3) is 16.7 Å². The van der Waals surface area contributed by atoms with E-state index in [4.69, 9.17) is 0 Å². The summed E-state index contributed by atoms with van der Waals surface area (Å²) in [6, 6.07) is 17.0. The number of carboxylic acids is 1. The summed E-state index contributed by atoms with van der Waals surface area (Å²) < 4.78 is 13.6. The molecule has 0 aliphatic rings. The fourth-order valence-corrected chi connectivity index (χ4v) is 3.67. The topological polar surface area (TPSA) is 88.2 Å². The summed E-state index contributed by atoms with van der Waals surface area (Å²) in [6.07, 6.45) is 0. The highest BCUT2D eigenvalue weighted by Gasteiger charge is 2.30. The van der Waals surface area contributed by atoms with Gasteiger partial charge in [0.1, 0.15) is 28.3 Å². The van der Waals surface area contributed by atoms with Crippen molar-refractivity contribution in [2.75, 3.05) is 0 Å². The zero-order valence-electron chi connectivity index (χ0n) is 17.4. The van der Waals surface area contributed by atoms with E-state index < -0.39 is 23.1 Å². The Bertz CT molecular complexity index is 1280. The monoisotopic (exact) mass is 419 g/mol. The van der Waals surface area contributed by atoms with Crippen molar-refractivity contribution in [1.29, 1.82) is 0 Å². The molecule has 4 aromatic rings. The lowest BCUT2D eigenvalue weighted by Crippen LogP contribution is -2.21. The van der Waals surface area contributed by atoms with E-state index in [1.54, 1.807) is 19.1 Å². The second kappa shape index (κ2) is 7.50. The van der Waals surface area contributed by atoms with Gasteiger partial charge in [-0.3, -0.25) is 4.79 Å². The highest BCUT2D eigenvalue weighted by molar-refractivity contribution is 5.77. The number of aliphatic carboxylic acids is 1. The molecule has 31 heavy (non-hydrogen) atoms. The fraction of sp³-hybridized carbons (Fsp3) is 0.208. The predicted molar refractivity (Wildman–Crippen MR) is 115 cm³/mol. The molecule has 0 radical (unpaired) electrons. The Hall–Kier alpha value is -3.74. The molecule has 0 aliphatic heterocycles. The third kappa shape index (κ3) is 3.63. The number of halogens is 1. The van der Waals surface area contributed by atoms with E-state index in [0.717, 1.165) is 5.56 Å². The molecule has 0 aliphatic carbocycles. The predicted octanol–water partition coefficient (Wildman–Crippen LogP) is 4.78. The van der Waals surface area contributed by atoms with Crippen LogP contribution in [-0.4, -0.2) is 31.2 Å². The molecule has 2 N–H and O–H groups in total. The molecule has 0 amide bonds. The van der Waals surface area contributed by atoms with E-state index in [1.807, 2.05) is 44.2 Å². The average molecular weight is 419 g/mol. The Balaban J connectivity index is 1.97. The van der Waals surface area contributed by atoms with Crippen molar-refractivity contribution < 1.29 is 19.4 Å². The Kier molecular flexibility index (Phi) is 4.97. The number of aromatic nitrogens is 3. The first kappa shape index (κ1) is 20.5. The zero-order valence-corrected chi connectivity index (χ0v) is 17.4. The lowest BCUT2D eigenvalue weighted by Gasteiger charge is -2.28.